The number of nitrogens with zero attached hydrogens (tertiary/aromatic N) is 1. The molecule has 2 N–H and O–H groups in total. The molecular weight excluding hydrogens is 212 g/mol. The monoisotopic (exact) mass is 226 g/mol. The normalized spacial score (nSPS) is 9.93. The molecular formula is C10H14N2O2S. The Morgan fingerprint density at radius 1 is 1.60 bits per heavy atom. The van der Waals surface area contributed by atoms with E-state index in [1.165, 1.54) is 16.2 Å². The average molecular weight is 226 g/mol. The van der Waals surface area contributed by atoms with E-state index in [0.717, 1.165) is 4.88 Å². The van der Waals surface area contributed by atoms with Crippen LogP contribution in [0, 0.1) is 0 Å². The molecule has 0 fully saturated rings. The highest BCUT2D eigenvalue weighted by atomic mass is 32.1. The number of nitrogens with two attached hydrogens (primary N) is 1. The first kappa shape index (κ1) is 11.9. The molecule has 0 aliphatic rings. The summed E-state index contributed by atoms with van der Waals surface area (Å²) in [6.07, 6.45) is 1.52. The maximum atomic E-state index is 11.6. The molecule has 0 aliphatic heterocycles. The summed E-state index contributed by atoms with van der Waals surface area (Å²) in [5.41, 5.74) is 5.32. The lowest BCUT2D eigenvalue weighted by Crippen LogP contribution is -2.32. The van der Waals surface area contributed by atoms with Crippen molar-refractivity contribution in [2.45, 2.75) is 12.8 Å². The van der Waals surface area contributed by atoms with Crippen LogP contribution in [0.25, 0.3) is 0 Å². The summed E-state index contributed by atoms with van der Waals surface area (Å²) in [6.45, 7) is 0.890. The van der Waals surface area contributed by atoms with Gasteiger partial charge in [0.1, 0.15) is 0 Å². The molecule has 0 unspecified atom stereocenters. The van der Waals surface area contributed by atoms with Gasteiger partial charge in [0.2, 0.25) is 12.3 Å². The fourth-order valence-corrected chi connectivity index (χ4v) is 1.86. The zero-order valence-electron chi connectivity index (χ0n) is 8.39. The van der Waals surface area contributed by atoms with Crippen molar-refractivity contribution in [3.8, 4) is 0 Å². The van der Waals surface area contributed by atoms with E-state index < -0.39 is 0 Å². The molecule has 0 bridgehead atoms. The molecule has 0 saturated carbocycles. The number of rotatable bonds is 6. The number of thiophene rings is 1. The number of carbonyl (C=O) groups excluding carboxylic acids is 2. The van der Waals surface area contributed by atoms with Gasteiger partial charge in [-0.05, 0) is 24.4 Å². The fourth-order valence-electron chi connectivity index (χ4n) is 1.16. The Hall–Kier alpha value is -1.20. The molecule has 5 heteroatoms. The molecule has 2 amide bonds. The molecule has 1 rings (SSSR count). The van der Waals surface area contributed by atoms with Gasteiger partial charge in [-0.25, -0.2) is 0 Å². The van der Waals surface area contributed by atoms with Crippen LogP contribution >= 0.6 is 11.3 Å². The molecule has 0 aliphatic carbocycles. The Morgan fingerprint density at radius 2 is 2.40 bits per heavy atom. The van der Waals surface area contributed by atoms with E-state index in [1.807, 2.05) is 17.5 Å². The van der Waals surface area contributed by atoms with E-state index in [0.29, 0.717) is 32.3 Å². The molecule has 1 aromatic rings. The van der Waals surface area contributed by atoms with Gasteiger partial charge in [-0.2, -0.15) is 0 Å². The van der Waals surface area contributed by atoms with Gasteiger partial charge in [-0.3, -0.25) is 14.5 Å². The van der Waals surface area contributed by atoms with Crippen molar-refractivity contribution in [3.05, 3.63) is 22.4 Å². The molecule has 82 valence electrons. The number of hydrogen-bond donors (Lipinski definition) is 1. The minimum Gasteiger partial charge on any atom is -0.330 e. The quantitative estimate of drug-likeness (QED) is 0.723. The lowest BCUT2D eigenvalue weighted by atomic mass is 10.3. The van der Waals surface area contributed by atoms with Crippen LogP contribution in [0.1, 0.15) is 11.3 Å². The predicted molar refractivity (Wildman–Crippen MR) is 59.5 cm³/mol. The Bertz CT molecular complexity index is 311. The summed E-state index contributed by atoms with van der Waals surface area (Å²) >= 11 is 1.51. The van der Waals surface area contributed by atoms with Gasteiger partial charge in [0.25, 0.3) is 0 Å². The summed E-state index contributed by atoms with van der Waals surface area (Å²) in [5, 5.41) is 1.91. The molecule has 0 radical (unpaired) electrons. The van der Waals surface area contributed by atoms with Crippen LogP contribution in [0.2, 0.25) is 0 Å². The highest BCUT2D eigenvalue weighted by Crippen LogP contribution is 2.10. The largest absolute Gasteiger partial charge is 0.330 e. The second-order valence-electron chi connectivity index (χ2n) is 3.09. The molecule has 0 saturated heterocycles. The first-order chi connectivity index (χ1) is 7.27. The predicted octanol–water partition coefficient (Wildman–Crippen LogP) is 0.624. The third-order valence-electron chi connectivity index (χ3n) is 1.96. The zero-order chi connectivity index (χ0) is 11.1. The third-order valence-corrected chi connectivity index (χ3v) is 2.83. The minimum absolute atomic E-state index is 0.166. The van der Waals surface area contributed by atoms with Crippen LogP contribution < -0.4 is 5.73 Å². The SMILES string of the molecule is NCCCN(C=O)C(=O)Cc1cccs1. The molecule has 1 aromatic heterocycles. The van der Waals surface area contributed by atoms with E-state index in [-0.39, 0.29) is 5.91 Å². The van der Waals surface area contributed by atoms with Gasteiger partial charge >= 0.3 is 0 Å². The van der Waals surface area contributed by atoms with Gasteiger partial charge in [-0.1, -0.05) is 6.07 Å². The number of carbonyl (C=O) groups is 2. The lowest BCUT2D eigenvalue weighted by Gasteiger charge is -2.13. The maximum absolute atomic E-state index is 11.6. The molecule has 0 atom stereocenters. The molecule has 1 heterocycles. The highest BCUT2D eigenvalue weighted by molar-refractivity contribution is 7.10. The Labute approximate surface area is 92.7 Å². The van der Waals surface area contributed by atoms with E-state index in [9.17, 15) is 9.59 Å². The summed E-state index contributed by atoms with van der Waals surface area (Å²) in [4.78, 5) is 24.4. The maximum Gasteiger partial charge on any atom is 0.234 e. The summed E-state index contributed by atoms with van der Waals surface area (Å²) in [5.74, 6) is -0.166. The standard InChI is InChI=1S/C10H14N2O2S/c11-4-2-5-12(8-13)10(14)7-9-3-1-6-15-9/h1,3,6,8H,2,4-5,7,11H2. The molecule has 15 heavy (non-hydrogen) atoms. The van der Waals surface area contributed by atoms with Crippen molar-refractivity contribution in [1.82, 2.24) is 4.90 Å². The van der Waals surface area contributed by atoms with Gasteiger partial charge in [0, 0.05) is 11.4 Å². The minimum atomic E-state index is -0.166. The zero-order valence-corrected chi connectivity index (χ0v) is 9.20. The van der Waals surface area contributed by atoms with E-state index in [1.54, 1.807) is 0 Å². The van der Waals surface area contributed by atoms with Crippen molar-refractivity contribution >= 4 is 23.7 Å². The Kier molecular flexibility index (Phi) is 5.00. The summed E-state index contributed by atoms with van der Waals surface area (Å²) in [7, 11) is 0. The van der Waals surface area contributed by atoms with Crippen LogP contribution in [-0.4, -0.2) is 30.3 Å². The highest BCUT2D eigenvalue weighted by Gasteiger charge is 2.12. The first-order valence-corrected chi connectivity index (χ1v) is 5.63. The summed E-state index contributed by atoms with van der Waals surface area (Å²) in [6, 6.07) is 3.77. The Morgan fingerprint density at radius 3 is 2.93 bits per heavy atom. The summed E-state index contributed by atoms with van der Waals surface area (Å²) < 4.78 is 0. The van der Waals surface area contributed by atoms with Crippen molar-refractivity contribution in [2.24, 2.45) is 5.73 Å². The average Bonchev–Trinajstić information content (AvgIpc) is 2.71. The van der Waals surface area contributed by atoms with Crippen molar-refractivity contribution in [3.63, 3.8) is 0 Å². The van der Waals surface area contributed by atoms with Crippen LogP contribution in [-0.2, 0) is 16.0 Å². The van der Waals surface area contributed by atoms with E-state index >= 15 is 0 Å². The third kappa shape index (κ3) is 3.81. The van der Waals surface area contributed by atoms with Gasteiger partial charge < -0.3 is 5.73 Å². The second kappa shape index (κ2) is 6.31. The van der Waals surface area contributed by atoms with Crippen molar-refractivity contribution in [2.75, 3.05) is 13.1 Å². The van der Waals surface area contributed by atoms with Gasteiger partial charge in [0.05, 0.1) is 6.42 Å². The van der Waals surface area contributed by atoms with Crippen LogP contribution in [0.3, 0.4) is 0 Å². The topological polar surface area (TPSA) is 63.4 Å². The van der Waals surface area contributed by atoms with Gasteiger partial charge in [0.15, 0.2) is 0 Å². The van der Waals surface area contributed by atoms with Gasteiger partial charge in [-0.15, -0.1) is 11.3 Å². The first-order valence-electron chi connectivity index (χ1n) is 4.75. The lowest BCUT2D eigenvalue weighted by molar-refractivity contribution is -0.137. The van der Waals surface area contributed by atoms with E-state index in [2.05, 4.69) is 0 Å². The molecule has 0 aromatic carbocycles. The van der Waals surface area contributed by atoms with Crippen LogP contribution in [0.15, 0.2) is 17.5 Å². The smallest absolute Gasteiger partial charge is 0.234 e. The van der Waals surface area contributed by atoms with Crippen molar-refractivity contribution in [1.29, 1.82) is 0 Å². The van der Waals surface area contributed by atoms with Crippen LogP contribution in [0.4, 0.5) is 0 Å². The van der Waals surface area contributed by atoms with Crippen molar-refractivity contribution < 1.29 is 9.59 Å². The molecule has 0 spiro atoms. The van der Waals surface area contributed by atoms with Crippen LogP contribution in [0.5, 0.6) is 0 Å². The second-order valence-corrected chi connectivity index (χ2v) is 4.12. The Balaban J connectivity index is 2.46. The number of amides is 2. The molecule has 4 nitrogen and oxygen atoms in total. The number of hydrogen-bond acceptors (Lipinski definition) is 4. The fraction of sp³-hybridized carbons (Fsp3) is 0.400. The van der Waals surface area contributed by atoms with E-state index in [4.69, 9.17) is 5.73 Å². The number of imide groups is 1.